The Balaban J connectivity index is 1.95. The molecule has 0 saturated heterocycles. The smallest absolute Gasteiger partial charge is 0.319 e. The molecule has 2 aromatic rings. The molecule has 0 atom stereocenters. The molecule has 5 heteroatoms. The Bertz CT molecular complexity index is 633. The van der Waals surface area contributed by atoms with Gasteiger partial charge in [0.15, 0.2) is 0 Å². The zero-order valence-corrected chi connectivity index (χ0v) is 14.1. The normalized spacial score (nSPS) is 10.7. The van der Waals surface area contributed by atoms with Crippen molar-refractivity contribution in [1.29, 1.82) is 0 Å². The van der Waals surface area contributed by atoms with Crippen LogP contribution in [0.25, 0.3) is 0 Å². The summed E-state index contributed by atoms with van der Waals surface area (Å²) in [5.41, 5.74) is 2.95. The van der Waals surface area contributed by atoms with E-state index in [1.165, 1.54) is 5.56 Å². The van der Waals surface area contributed by atoms with E-state index in [1.807, 2.05) is 38.1 Å². The molecule has 0 fully saturated rings. The summed E-state index contributed by atoms with van der Waals surface area (Å²) >= 11 is 0. The van der Waals surface area contributed by atoms with Gasteiger partial charge in [-0.3, -0.25) is 0 Å². The van der Waals surface area contributed by atoms with Gasteiger partial charge < -0.3 is 16.0 Å². The number of anilines is 3. The van der Waals surface area contributed by atoms with Crippen LogP contribution in [0, 0.1) is 0 Å². The van der Waals surface area contributed by atoms with Gasteiger partial charge in [-0.1, -0.05) is 26.0 Å². The molecule has 1 aromatic heterocycles. The minimum Gasteiger partial charge on any atom is -0.340 e. The molecule has 0 aliphatic rings. The largest absolute Gasteiger partial charge is 0.340 e. The lowest BCUT2D eigenvalue weighted by Crippen LogP contribution is -2.34. The van der Waals surface area contributed by atoms with Gasteiger partial charge >= 0.3 is 6.03 Å². The molecule has 3 N–H and O–H groups in total. The van der Waals surface area contributed by atoms with Gasteiger partial charge in [0.2, 0.25) is 0 Å². The van der Waals surface area contributed by atoms with Crippen LogP contribution in [0.2, 0.25) is 0 Å². The van der Waals surface area contributed by atoms with Crippen LogP contribution in [-0.2, 0) is 0 Å². The molecule has 0 spiro atoms. The van der Waals surface area contributed by atoms with Crippen molar-refractivity contribution >= 4 is 23.2 Å². The van der Waals surface area contributed by atoms with E-state index in [4.69, 9.17) is 0 Å². The van der Waals surface area contributed by atoms with Crippen molar-refractivity contribution in [3.8, 4) is 0 Å². The lowest BCUT2D eigenvalue weighted by atomic mass is 10.0. The lowest BCUT2D eigenvalue weighted by Gasteiger charge is -2.11. The van der Waals surface area contributed by atoms with Crippen molar-refractivity contribution in [2.24, 2.45) is 0 Å². The van der Waals surface area contributed by atoms with Gasteiger partial charge in [-0.15, -0.1) is 0 Å². The second kappa shape index (κ2) is 7.63. The number of urea groups is 1. The van der Waals surface area contributed by atoms with E-state index in [-0.39, 0.29) is 12.1 Å². The van der Waals surface area contributed by atoms with Crippen LogP contribution in [0.1, 0.15) is 39.2 Å². The number of benzene rings is 1. The maximum absolute atomic E-state index is 11.6. The Morgan fingerprint density at radius 3 is 2.13 bits per heavy atom. The molecule has 1 heterocycles. The second-order valence-electron chi connectivity index (χ2n) is 6.09. The van der Waals surface area contributed by atoms with E-state index in [0.29, 0.717) is 11.6 Å². The lowest BCUT2D eigenvalue weighted by molar-refractivity contribution is 0.250. The fraction of sp³-hybridized carbons (Fsp3) is 0.333. The predicted molar refractivity (Wildman–Crippen MR) is 95.3 cm³/mol. The summed E-state index contributed by atoms with van der Waals surface area (Å²) < 4.78 is 0. The molecular formula is C18H24N4O. The zero-order valence-electron chi connectivity index (χ0n) is 14.1. The molecule has 0 bridgehead atoms. The average Bonchev–Trinajstić information content (AvgIpc) is 2.49. The van der Waals surface area contributed by atoms with Crippen molar-refractivity contribution in [1.82, 2.24) is 10.3 Å². The first-order valence-electron chi connectivity index (χ1n) is 7.84. The third kappa shape index (κ3) is 5.29. The summed E-state index contributed by atoms with van der Waals surface area (Å²) in [6.45, 7) is 8.17. The average molecular weight is 312 g/mol. The van der Waals surface area contributed by atoms with Gasteiger partial charge in [0.25, 0.3) is 0 Å². The van der Waals surface area contributed by atoms with Crippen LogP contribution in [0.3, 0.4) is 0 Å². The van der Waals surface area contributed by atoms with E-state index < -0.39 is 0 Å². The standard InChI is InChI=1S/C18H24N4O/c1-12(2)14-5-7-15(8-6-14)21-17-10-9-16(11-19-17)22-18(23)20-13(3)4/h5-13H,1-4H3,(H,19,21)(H2,20,22,23). The number of hydrogen-bond donors (Lipinski definition) is 3. The number of pyridine rings is 1. The van der Waals surface area contributed by atoms with Gasteiger partial charge in [-0.05, 0) is 49.6 Å². The fourth-order valence-corrected chi connectivity index (χ4v) is 2.07. The number of nitrogens with one attached hydrogen (secondary N) is 3. The van der Waals surface area contributed by atoms with Crippen molar-refractivity contribution in [2.45, 2.75) is 39.7 Å². The molecule has 122 valence electrons. The van der Waals surface area contributed by atoms with Crippen LogP contribution < -0.4 is 16.0 Å². The first kappa shape index (κ1) is 16.8. The minimum atomic E-state index is -0.230. The molecule has 0 radical (unpaired) electrons. The summed E-state index contributed by atoms with van der Waals surface area (Å²) in [5.74, 6) is 1.25. The van der Waals surface area contributed by atoms with E-state index in [2.05, 4.69) is 46.9 Å². The Hall–Kier alpha value is -2.56. The van der Waals surface area contributed by atoms with Gasteiger partial charge in [-0.25, -0.2) is 9.78 Å². The number of nitrogens with zero attached hydrogens (tertiary/aromatic N) is 1. The second-order valence-corrected chi connectivity index (χ2v) is 6.09. The predicted octanol–water partition coefficient (Wildman–Crippen LogP) is 4.48. The zero-order chi connectivity index (χ0) is 16.8. The number of rotatable bonds is 5. The molecule has 23 heavy (non-hydrogen) atoms. The van der Waals surface area contributed by atoms with Gasteiger partial charge in [0, 0.05) is 11.7 Å². The number of carbonyl (C=O) groups excluding carboxylic acids is 1. The quantitative estimate of drug-likeness (QED) is 0.762. The van der Waals surface area contributed by atoms with Crippen molar-refractivity contribution in [3.63, 3.8) is 0 Å². The van der Waals surface area contributed by atoms with Crippen LogP contribution in [0.5, 0.6) is 0 Å². The van der Waals surface area contributed by atoms with Gasteiger partial charge in [-0.2, -0.15) is 0 Å². The molecule has 5 nitrogen and oxygen atoms in total. The van der Waals surface area contributed by atoms with Crippen LogP contribution in [-0.4, -0.2) is 17.1 Å². The maximum Gasteiger partial charge on any atom is 0.319 e. The Morgan fingerprint density at radius 1 is 0.957 bits per heavy atom. The topological polar surface area (TPSA) is 66.1 Å². The molecule has 1 aromatic carbocycles. The first-order valence-corrected chi connectivity index (χ1v) is 7.84. The minimum absolute atomic E-state index is 0.0951. The van der Waals surface area contributed by atoms with Crippen molar-refractivity contribution < 1.29 is 4.79 Å². The Morgan fingerprint density at radius 2 is 1.61 bits per heavy atom. The number of carbonyl (C=O) groups is 1. The fourth-order valence-electron chi connectivity index (χ4n) is 2.07. The Labute approximate surface area is 137 Å². The highest BCUT2D eigenvalue weighted by molar-refractivity contribution is 5.89. The van der Waals surface area contributed by atoms with Crippen molar-refractivity contribution in [2.75, 3.05) is 10.6 Å². The molecule has 2 rings (SSSR count). The molecule has 0 aliphatic carbocycles. The van der Waals surface area contributed by atoms with Crippen LogP contribution in [0.15, 0.2) is 42.6 Å². The van der Waals surface area contributed by atoms with Crippen LogP contribution in [0.4, 0.5) is 22.0 Å². The number of hydrogen-bond acceptors (Lipinski definition) is 3. The highest BCUT2D eigenvalue weighted by Gasteiger charge is 2.04. The molecule has 0 unspecified atom stereocenters. The SMILES string of the molecule is CC(C)NC(=O)Nc1ccc(Nc2ccc(C(C)C)cc2)nc1. The summed E-state index contributed by atoms with van der Waals surface area (Å²) in [6, 6.07) is 11.8. The summed E-state index contributed by atoms with van der Waals surface area (Å²) in [6.07, 6.45) is 1.63. The first-order chi connectivity index (χ1) is 10.9. The third-order valence-corrected chi connectivity index (χ3v) is 3.29. The molecule has 2 amide bonds. The van der Waals surface area contributed by atoms with Gasteiger partial charge in [0.05, 0.1) is 11.9 Å². The van der Waals surface area contributed by atoms with E-state index in [1.54, 1.807) is 6.20 Å². The van der Waals surface area contributed by atoms with Crippen molar-refractivity contribution in [3.05, 3.63) is 48.2 Å². The summed E-state index contributed by atoms with van der Waals surface area (Å²) in [7, 11) is 0. The monoisotopic (exact) mass is 312 g/mol. The van der Waals surface area contributed by atoms with Gasteiger partial charge in [0.1, 0.15) is 5.82 Å². The highest BCUT2D eigenvalue weighted by atomic mass is 16.2. The van der Waals surface area contributed by atoms with E-state index >= 15 is 0 Å². The number of aromatic nitrogens is 1. The van der Waals surface area contributed by atoms with E-state index in [9.17, 15) is 4.79 Å². The molecule has 0 saturated carbocycles. The highest BCUT2D eigenvalue weighted by Crippen LogP contribution is 2.20. The van der Waals surface area contributed by atoms with E-state index in [0.717, 1.165) is 11.5 Å². The maximum atomic E-state index is 11.6. The Kier molecular flexibility index (Phi) is 5.57. The summed E-state index contributed by atoms with van der Waals surface area (Å²) in [5, 5.41) is 8.75. The number of amides is 2. The summed E-state index contributed by atoms with van der Waals surface area (Å²) in [4.78, 5) is 15.9. The third-order valence-electron chi connectivity index (χ3n) is 3.29. The van der Waals surface area contributed by atoms with Crippen LogP contribution >= 0.6 is 0 Å². The molecule has 0 aliphatic heterocycles. The molecular weight excluding hydrogens is 288 g/mol.